The molecule has 0 radical (unpaired) electrons. The van der Waals surface area contributed by atoms with E-state index in [0.717, 1.165) is 22.5 Å². The molecule has 1 heterocycles. The van der Waals surface area contributed by atoms with Gasteiger partial charge in [0.1, 0.15) is 11.5 Å². The highest BCUT2D eigenvalue weighted by molar-refractivity contribution is 6.89. The summed E-state index contributed by atoms with van der Waals surface area (Å²) < 4.78 is 6.76. The quantitative estimate of drug-likeness (QED) is 0.270. The van der Waals surface area contributed by atoms with E-state index in [0.29, 0.717) is 0 Å². The molecule has 0 N–H and O–H groups in total. The molecule has 31 heavy (non-hydrogen) atoms. The number of fused-ring (bicyclic) bond motifs is 1. The topological polar surface area (TPSA) is 13.1 Å². The van der Waals surface area contributed by atoms with E-state index in [-0.39, 0.29) is 0 Å². The molecule has 0 aliphatic heterocycles. The zero-order chi connectivity index (χ0) is 21.4. The predicted molar refractivity (Wildman–Crippen MR) is 136 cm³/mol. The SMILES string of the molecule is C[Si](C)(C)c1cccc(-c2ccccc2)c1-c1oc(-c2ccccc2)c2ccccc12. The Morgan fingerprint density at radius 2 is 1.06 bits per heavy atom. The van der Waals surface area contributed by atoms with Gasteiger partial charge in [-0.1, -0.05) is 123 Å². The molecule has 0 bridgehead atoms. The summed E-state index contributed by atoms with van der Waals surface area (Å²) in [5.74, 6) is 1.92. The highest BCUT2D eigenvalue weighted by atomic mass is 28.3. The van der Waals surface area contributed by atoms with Gasteiger partial charge in [0.25, 0.3) is 0 Å². The average molecular weight is 419 g/mol. The molecule has 5 aromatic rings. The van der Waals surface area contributed by atoms with Gasteiger partial charge in [0, 0.05) is 21.9 Å². The van der Waals surface area contributed by atoms with Crippen LogP contribution in [0, 0.1) is 0 Å². The molecule has 0 spiro atoms. The van der Waals surface area contributed by atoms with E-state index < -0.39 is 8.07 Å². The van der Waals surface area contributed by atoms with Crippen LogP contribution in [-0.4, -0.2) is 8.07 Å². The maximum absolute atomic E-state index is 6.76. The van der Waals surface area contributed by atoms with E-state index in [1.54, 1.807) is 0 Å². The van der Waals surface area contributed by atoms with Crippen LogP contribution in [-0.2, 0) is 0 Å². The first-order chi connectivity index (χ1) is 15.0. The van der Waals surface area contributed by atoms with E-state index >= 15 is 0 Å². The normalized spacial score (nSPS) is 11.7. The van der Waals surface area contributed by atoms with Crippen LogP contribution < -0.4 is 5.19 Å². The number of hydrogen-bond donors (Lipinski definition) is 0. The van der Waals surface area contributed by atoms with Crippen LogP contribution in [0.2, 0.25) is 19.6 Å². The van der Waals surface area contributed by atoms with Crippen LogP contribution in [0.25, 0.3) is 44.5 Å². The standard InChI is InChI=1S/C29H26OSi/c1-31(2,3)26-20-12-19-23(21-13-6-4-7-14-21)27(26)29-25-18-11-10-17-24(25)28(30-29)22-15-8-5-9-16-22/h4-20H,1-3H3. The summed E-state index contributed by atoms with van der Waals surface area (Å²) >= 11 is 0. The van der Waals surface area contributed by atoms with E-state index in [9.17, 15) is 0 Å². The van der Waals surface area contributed by atoms with Crippen LogP contribution >= 0.6 is 0 Å². The summed E-state index contributed by atoms with van der Waals surface area (Å²) in [7, 11) is -1.64. The number of furan rings is 1. The van der Waals surface area contributed by atoms with E-state index in [1.165, 1.54) is 27.3 Å². The number of benzene rings is 4. The zero-order valence-corrected chi connectivity index (χ0v) is 19.2. The molecule has 0 amide bonds. The molecule has 4 aromatic carbocycles. The first-order valence-corrected chi connectivity index (χ1v) is 14.3. The Balaban J connectivity index is 1.88. The van der Waals surface area contributed by atoms with Crippen molar-refractivity contribution in [2.45, 2.75) is 19.6 Å². The molecule has 0 aliphatic rings. The van der Waals surface area contributed by atoms with Crippen LogP contribution in [0.1, 0.15) is 0 Å². The van der Waals surface area contributed by atoms with Crippen molar-refractivity contribution < 1.29 is 4.42 Å². The second-order valence-electron chi connectivity index (χ2n) is 9.02. The molecule has 0 saturated heterocycles. The largest absolute Gasteiger partial charge is 0.455 e. The Morgan fingerprint density at radius 3 is 1.68 bits per heavy atom. The van der Waals surface area contributed by atoms with Crippen LogP contribution in [0.3, 0.4) is 0 Å². The van der Waals surface area contributed by atoms with Gasteiger partial charge in [-0.15, -0.1) is 0 Å². The van der Waals surface area contributed by atoms with Crippen molar-refractivity contribution in [2.75, 3.05) is 0 Å². The Kier molecular flexibility index (Phi) is 4.88. The Morgan fingerprint density at radius 1 is 0.516 bits per heavy atom. The molecule has 1 aromatic heterocycles. The fourth-order valence-corrected chi connectivity index (χ4v) is 5.96. The van der Waals surface area contributed by atoms with Crippen molar-refractivity contribution >= 4 is 24.0 Å². The third-order valence-corrected chi connectivity index (χ3v) is 7.87. The Bertz CT molecular complexity index is 1340. The minimum Gasteiger partial charge on any atom is -0.455 e. The van der Waals surface area contributed by atoms with E-state index in [1.807, 2.05) is 6.07 Å². The summed E-state index contributed by atoms with van der Waals surface area (Å²) in [6.45, 7) is 7.22. The lowest BCUT2D eigenvalue weighted by molar-refractivity contribution is 0.602. The van der Waals surface area contributed by atoms with Crippen LogP contribution in [0.15, 0.2) is 108 Å². The van der Waals surface area contributed by atoms with Gasteiger partial charge < -0.3 is 4.42 Å². The molecular weight excluding hydrogens is 392 g/mol. The van der Waals surface area contributed by atoms with Crippen molar-refractivity contribution in [2.24, 2.45) is 0 Å². The fourth-order valence-electron chi connectivity index (χ4n) is 4.36. The van der Waals surface area contributed by atoms with Crippen LogP contribution in [0.4, 0.5) is 0 Å². The second kappa shape index (κ2) is 7.71. The monoisotopic (exact) mass is 418 g/mol. The lowest BCUT2D eigenvalue weighted by Gasteiger charge is -2.23. The molecule has 0 fully saturated rings. The van der Waals surface area contributed by atoms with Gasteiger partial charge in [-0.05, 0) is 16.3 Å². The highest BCUT2D eigenvalue weighted by Gasteiger charge is 2.27. The molecule has 2 heteroatoms. The van der Waals surface area contributed by atoms with Crippen molar-refractivity contribution in [3.05, 3.63) is 103 Å². The molecule has 0 unspecified atom stereocenters. The van der Waals surface area contributed by atoms with Crippen LogP contribution in [0.5, 0.6) is 0 Å². The van der Waals surface area contributed by atoms with Gasteiger partial charge in [-0.3, -0.25) is 0 Å². The minimum absolute atomic E-state index is 0.940. The van der Waals surface area contributed by atoms with Crippen molar-refractivity contribution in [3.8, 4) is 33.8 Å². The lowest BCUT2D eigenvalue weighted by Crippen LogP contribution is -2.39. The van der Waals surface area contributed by atoms with Gasteiger partial charge in [0.2, 0.25) is 0 Å². The van der Waals surface area contributed by atoms with Gasteiger partial charge >= 0.3 is 0 Å². The first-order valence-electron chi connectivity index (χ1n) is 10.8. The second-order valence-corrected chi connectivity index (χ2v) is 14.1. The van der Waals surface area contributed by atoms with Gasteiger partial charge in [-0.2, -0.15) is 0 Å². The summed E-state index contributed by atoms with van der Waals surface area (Å²) in [6, 6.07) is 36.4. The smallest absolute Gasteiger partial charge is 0.143 e. The fraction of sp³-hybridized carbons (Fsp3) is 0.103. The van der Waals surface area contributed by atoms with Gasteiger partial charge in [-0.25, -0.2) is 0 Å². The number of hydrogen-bond acceptors (Lipinski definition) is 1. The van der Waals surface area contributed by atoms with Crippen molar-refractivity contribution in [1.29, 1.82) is 0 Å². The molecule has 0 aliphatic carbocycles. The molecular formula is C29H26OSi. The molecule has 0 saturated carbocycles. The van der Waals surface area contributed by atoms with E-state index in [2.05, 4.69) is 117 Å². The third-order valence-electron chi connectivity index (χ3n) is 5.84. The lowest BCUT2D eigenvalue weighted by atomic mass is 9.96. The zero-order valence-electron chi connectivity index (χ0n) is 18.2. The number of rotatable bonds is 4. The molecule has 5 rings (SSSR count). The first kappa shape index (κ1) is 19.6. The van der Waals surface area contributed by atoms with Crippen molar-refractivity contribution in [3.63, 3.8) is 0 Å². The Hall–Kier alpha value is -3.36. The molecule has 0 atom stereocenters. The minimum atomic E-state index is -1.64. The average Bonchev–Trinajstić information content (AvgIpc) is 3.19. The summed E-state index contributed by atoms with van der Waals surface area (Å²) in [6.07, 6.45) is 0. The van der Waals surface area contributed by atoms with E-state index in [4.69, 9.17) is 4.42 Å². The maximum Gasteiger partial charge on any atom is 0.143 e. The Labute approximate surface area is 185 Å². The van der Waals surface area contributed by atoms with Gasteiger partial charge in [0.15, 0.2) is 0 Å². The predicted octanol–water partition coefficient (Wildman–Crippen LogP) is 7.98. The van der Waals surface area contributed by atoms with Crippen molar-refractivity contribution in [1.82, 2.24) is 0 Å². The third kappa shape index (κ3) is 3.53. The molecule has 1 nitrogen and oxygen atoms in total. The van der Waals surface area contributed by atoms with Gasteiger partial charge in [0.05, 0.1) is 8.07 Å². The summed E-state index contributed by atoms with van der Waals surface area (Å²) in [5.41, 5.74) is 4.81. The summed E-state index contributed by atoms with van der Waals surface area (Å²) in [5, 5.41) is 3.75. The maximum atomic E-state index is 6.76. The summed E-state index contributed by atoms with van der Waals surface area (Å²) in [4.78, 5) is 0. The highest BCUT2D eigenvalue weighted by Crippen LogP contribution is 2.42. The molecule has 152 valence electrons.